The minimum Gasteiger partial charge on any atom is -0.503 e. The number of halogens is 2. The van der Waals surface area contributed by atoms with Gasteiger partial charge in [0, 0.05) is 5.92 Å². The van der Waals surface area contributed by atoms with E-state index in [4.69, 9.17) is 11.6 Å². The number of ketones is 1. The number of aliphatic hydroxyl groups is 1. The Bertz CT molecular complexity index is 1200. The number of hydrogen-bond acceptors (Lipinski definition) is 5. The van der Waals surface area contributed by atoms with E-state index < -0.39 is 23.5 Å². The SMILES string of the molecule is O=C(C1=C(O)C(=O)N(c2nc3c(Cl)cccc3s2)C1c1ccc(F)cc1)C1CC1. The predicted octanol–water partition coefficient (Wildman–Crippen LogP) is 4.97. The number of Topliss-reactive ketones (excluding diaryl/α,β-unsaturated/α-hetero) is 1. The van der Waals surface area contributed by atoms with Gasteiger partial charge in [-0.15, -0.1) is 0 Å². The summed E-state index contributed by atoms with van der Waals surface area (Å²) in [6, 6.07) is 10.0. The van der Waals surface area contributed by atoms with Crippen LogP contribution in [-0.4, -0.2) is 21.8 Å². The van der Waals surface area contributed by atoms with Crippen LogP contribution in [0.3, 0.4) is 0 Å². The summed E-state index contributed by atoms with van der Waals surface area (Å²) in [4.78, 5) is 31.7. The van der Waals surface area contributed by atoms with Crippen LogP contribution >= 0.6 is 22.9 Å². The molecule has 1 aromatic heterocycles. The van der Waals surface area contributed by atoms with Crippen LogP contribution in [0, 0.1) is 11.7 Å². The van der Waals surface area contributed by atoms with E-state index in [1.165, 1.54) is 40.5 Å². The molecule has 2 aliphatic rings. The molecule has 0 saturated heterocycles. The van der Waals surface area contributed by atoms with E-state index in [1.807, 2.05) is 6.07 Å². The molecule has 0 spiro atoms. The van der Waals surface area contributed by atoms with Crippen LogP contribution in [-0.2, 0) is 9.59 Å². The Morgan fingerprint density at radius 3 is 2.59 bits per heavy atom. The molecule has 1 amide bonds. The lowest BCUT2D eigenvalue weighted by molar-refractivity contribution is -0.118. The van der Waals surface area contributed by atoms with E-state index in [9.17, 15) is 19.1 Å². The number of rotatable bonds is 4. The van der Waals surface area contributed by atoms with Gasteiger partial charge in [0.2, 0.25) is 0 Å². The number of anilines is 1. The average Bonchev–Trinajstić information content (AvgIpc) is 3.41. The van der Waals surface area contributed by atoms with Gasteiger partial charge in [0.05, 0.1) is 21.3 Å². The fourth-order valence-electron chi connectivity index (χ4n) is 3.59. The van der Waals surface area contributed by atoms with E-state index in [2.05, 4.69) is 4.98 Å². The second-order valence-corrected chi connectivity index (χ2v) is 8.53. The molecular weight excluding hydrogens is 415 g/mol. The van der Waals surface area contributed by atoms with E-state index in [0.29, 0.717) is 21.2 Å². The molecule has 5 rings (SSSR count). The molecule has 1 unspecified atom stereocenters. The molecule has 0 bridgehead atoms. The zero-order chi connectivity index (χ0) is 20.3. The largest absolute Gasteiger partial charge is 0.503 e. The molecule has 1 atom stereocenters. The van der Waals surface area contributed by atoms with Crippen molar-refractivity contribution < 1.29 is 19.1 Å². The van der Waals surface area contributed by atoms with Crippen LogP contribution in [0.25, 0.3) is 10.2 Å². The summed E-state index contributed by atoms with van der Waals surface area (Å²) in [6.07, 6.45) is 1.47. The highest BCUT2D eigenvalue weighted by Crippen LogP contribution is 2.46. The summed E-state index contributed by atoms with van der Waals surface area (Å²) in [5.41, 5.74) is 1.12. The van der Waals surface area contributed by atoms with Gasteiger partial charge in [-0.3, -0.25) is 14.5 Å². The minimum absolute atomic E-state index is 0.0504. The molecule has 2 heterocycles. The summed E-state index contributed by atoms with van der Waals surface area (Å²) in [5, 5.41) is 11.4. The molecule has 5 nitrogen and oxygen atoms in total. The van der Waals surface area contributed by atoms with Gasteiger partial charge >= 0.3 is 0 Å². The third-order valence-electron chi connectivity index (χ3n) is 5.17. The number of aromatic nitrogens is 1. The Labute approximate surface area is 174 Å². The number of nitrogens with zero attached hydrogens (tertiary/aromatic N) is 2. The van der Waals surface area contributed by atoms with Crippen molar-refractivity contribution in [2.45, 2.75) is 18.9 Å². The maximum Gasteiger partial charge on any atom is 0.296 e. The van der Waals surface area contributed by atoms with E-state index in [-0.39, 0.29) is 17.3 Å². The Morgan fingerprint density at radius 2 is 1.93 bits per heavy atom. The zero-order valence-corrected chi connectivity index (χ0v) is 16.5. The van der Waals surface area contributed by atoms with Crippen molar-refractivity contribution in [3.63, 3.8) is 0 Å². The predicted molar refractivity (Wildman–Crippen MR) is 109 cm³/mol. The highest BCUT2D eigenvalue weighted by molar-refractivity contribution is 7.22. The Kier molecular flexibility index (Phi) is 4.18. The summed E-state index contributed by atoms with van der Waals surface area (Å²) in [6.45, 7) is 0. The number of fused-ring (bicyclic) bond motifs is 1. The van der Waals surface area contributed by atoms with Crippen LogP contribution in [0.5, 0.6) is 0 Å². The summed E-state index contributed by atoms with van der Waals surface area (Å²) in [7, 11) is 0. The van der Waals surface area contributed by atoms with Crippen molar-refractivity contribution in [2.24, 2.45) is 5.92 Å². The number of carbonyl (C=O) groups is 2. The van der Waals surface area contributed by atoms with Crippen molar-refractivity contribution in [1.29, 1.82) is 0 Å². The lowest BCUT2D eigenvalue weighted by atomic mass is 9.94. The Hall–Kier alpha value is -2.77. The lowest BCUT2D eigenvalue weighted by Crippen LogP contribution is -2.31. The first-order chi connectivity index (χ1) is 14.0. The number of amides is 1. The third kappa shape index (κ3) is 2.92. The van der Waals surface area contributed by atoms with Gasteiger partial charge in [-0.05, 0) is 42.7 Å². The third-order valence-corrected chi connectivity index (χ3v) is 6.50. The zero-order valence-electron chi connectivity index (χ0n) is 14.9. The summed E-state index contributed by atoms with van der Waals surface area (Å²) >= 11 is 7.47. The number of benzene rings is 2. The van der Waals surface area contributed by atoms with Crippen LogP contribution in [0.4, 0.5) is 9.52 Å². The van der Waals surface area contributed by atoms with Crippen molar-refractivity contribution >= 4 is 50.0 Å². The molecule has 29 heavy (non-hydrogen) atoms. The summed E-state index contributed by atoms with van der Waals surface area (Å²) < 4.78 is 14.3. The second kappa shape index (κ2) is 6.64. The van der Waals surface area contributed by atoms with Crippen molar-refractivity contribution in [3.05, 3.63) is 70.2 Å². The maximum atomic E-state index is 13.5. The number of para-hydroxylation sites is 1. The van der Waals surface area contributed by atoms with Gasteiger partial charge in [-0.25, -0.2) is 9.37 Å². The summed E-state index contributed by atoms with van der Waals surface area (Å²) in [5.74, 6) is -2.13. The minimum atomic E-state index is -0.865. The van der Waals surface area contributed by atoms with Crippen molar-refractivity contribution in [1.82, 2.24) is 4.98 Å². The topological polar surface area (TPSA) is 70.5 Å². The monoisotopic (exact) mass is 428 g/mol. The van der Waals surface area contributed by atoms with E-state index >= 15 is 0 Å². The number of thiazole rings is 1. The van der Waals surface area contributed by atoms with E-state index in [0.717, 1.165) is 17.5 Å². The average molecular weight is 429 g/mol. The highest BCUT2D eigenvalue weighted by atomic mass is 35.5. The quantitative estimate of drug-likeness (QED) is 0.637. The standard InChI is InChI=1S/C21H14ClFN2O3S/c22-13-2-1-3-14-16(13)24-21(29-14)25-17(10-6-8-12(23)9-7-10)15(19(27)20(25)28)18(26)11-4-5-11/h1-3,6-9,11,17,27H,4-5H2. The van der Waals surface area contributed by atoms with Gasteiger partial charge in [-0.1, -0.05) is 41.1 Å². The molecule has 1 aliphatic carbocycles. The molecule has 3 aromatic rings. The number of aliphatic hydroxyl groups excluding tert-OH is 1. The first-order valence-electron chi connectivity index (χ1n) is 9.07. The maximum absolute atomic E-state index is 13.5. The molecular formula is C21H14ClFN2O3S. The van der Waals surface area contributed by atoms with E-state index in [1.54, 1.807) is 12.1 Å². The van der Waals surface area contributed by atoms with Crippen LogP contribution in [0.2, 0.25) is 5.02 Å². The second-order valence-electron chi connectivity index (χ2n) is 7.11. The molecule has 1 fully saturated rings. The van der Waals surface area contributed by atoms with Crippen LogP contribution in [0.15, 0.2) is 53.8 Å². The Balaban J connectivity index is 1.68. The van der Waals surface area contributed by atoms with Gasteiger partial charge in [0.15, 0.2) is 16.7 Å². The van der Waals surface area contributed by atoms with Gasteiger partial charge in [-0.2, -0.15) is 0 Å². The molecule has 1 aliphatic heterocycles. The molecule has 1 saturated carbocycles. The Morgan fingerprint density at radius 1 is 1.21 bits per heavy atom. The van der Waals surface area contributed by atoms with Crippen molar-refractivity contribution in [2.75, 3.05) is 4.90 Å². The van der Waals surface area contributed by atoms with Crippen LogP contribution < -0.4 is 4.90 Å². The fraction of sp³-hybridized carbons (Fsp3) is 0.190. The molecule has 8 heteroatoms. The highest BCUT2D eigenvalue weighted by Gasteiger charge is 2.48. The number of hydrogen-bond donors (Lipinski definition) is 1. The molecule has 2 aromatic carbocycles. The first kappa shape index (κ1) is 18.3. The fourth-order valence-corrected chi connectivity index (χ4v) is 4.88. The number of carbonyl (C=O) groups excluding carboxylic acids is 2. The molecule has 1 N–H and O–H groups in total. The van der Waals surface area contributed by atoms with Gasteiger partial charge < -0.3 is 5.11 Å². The smallest absolute Gasteiger partial charge is 0.296 e. The van der Waals surface area contributed by atoms with Gasteiger partial charge in [0.25, 0.3) is 5.91 Å². The first-order valence-corrected chi connectivity index (χ1v) is 10.3. The lowest BCUT2D eigenvalue weighted by Gasteiger charge is -2.24. The molecule has 0 radical (unpaired) electrons. The normalized spacial score (nSPS) is 19.4. The molecule has 146 valence electrons. The van der Waals surface area contributed by atoms with Crippen molar-refractivity contribution in [3.8, 4) is 0 Å². The van der Waals surface area contributed by atoms with Crippen LogP contribution in [0.1, 0.15) is 24.4 Å². The van der Waals surface area contributed by atoms with Gasteiger partial charge in [0.1, 0.15) is 11.3 Å².